The standard InChI is InChI=1S/C11H19F3N2O/c1-7(2)16(6-11(12,13)14)10(17)5-9(15)8-3-4-8/h7-9H,3-6,15H2,1-2H3. The van der Waals surface area contributed by atoms with E-state index in [1.54, 1.807) is 13.8 Å². The highest BCUT2D eigenvalue weighted by Crippen LogP contribution is 2.33. The Balaban J connectivity index is 2.53. The molecular formula is C11H19F3N2O. The van der Waals surface area contributed by atoms with E-state index >= 15 is 0 Å². The van der Waals surface area contributed by atoms with Crippen molar-refractivity contribution in [3.05, 3.63) is 0 Å². The molecule has 3 nitrogen and oxygen atoms in total. The first-order valence-corrected chi connectivity index (χ1v) is 5.82. The van der Waals surface area contributed by atoms with Crippen LogP contribution in [-0.2, 0) is 4.79 Å². The van der Waals surface area contributed by atoms with E-state index in [2.05, 4.69) is 0 Å². The number of alkyl halides is 3. The van der Waals surface area contributed by atoms with E-state index in [9.17, 15) is 18.0 Å². The Labute approximate surface area is 99.1 Å². The predicted molar refractivity (Wildman–Crippen MR) is 58.2 cm³/mol. The van der Waals surface area contributed by atoms with Crippen molar-refractivity contribution in [2.24, 2.45) is 11.7 Å². The maximum atomic E-state index is 12.3. The first-order chi connectivity index (χ1) is 7.70. The van der Waals surface area contributed by atoms with Gasteiger partial charge in [-0.05, 0) is 32.6 Å². The molecule has 0 heterocycles. The van der Waals surface area contributed by atoms with E-state index in [1.807, 2.05) is 0 Å². The maximum absolute atomic E-state index is 12.3. The van der Waals surface area contributed by atoms with Crippen LogP contribution in [0.2, 0.25) is 0 Å². The molecule has 0 aromatic carbocycles. The molecule has 0 aromatic rings. The zero-order valence-corrected chi connectivity index (χ0v) is 10.1. The quantitative estimate of drug-likeness (QED) is 0.812. The third-order valence-electron chi connectivity index (χ3n) is 2.93. The van der Waals surface area contributed by atoms with Crippen LogP contribution in [0.25, 0.3) is 0 Å². The van der Waals surface area contributed by atoms with Crippen molar-refractivity contribution >= 4 is 5.91 Å². The Hall–Kier alpha value is -0.780. The molecular weight excluding hydrogens is 233 g/mol. The van der Waals surface area contributed by atoms with Crippen LogP contribution in [0.3, 0.4) is 0 Å². The number of hydrogen-bond acceptors (Lipinski definition) is 2. The molecule has 1 atom stereocenters. The van der Waals surface area contributed by atoms with Crippen molar-refractivity contribution in [3.63, 3.8) is 0 Å². The Kier molecular flexibility index (Phi) is 4.41. The summed E-state index contributed by atoms with van der Waals surface area (Å²) >= 11 is 0. The van der Waals surface area contributed by atoms with Gasteiger partial charge in [-0.3, -0.25) is 4.79 Å². The molecule has 0 saturated heterocycles. The van der Waals surface area contributed by atoms with Crippen LogP contribution in [0.4, 0.5) is 13.2 Å². The number of nitrogens with two attached hydrogens (primary N) is 1. The molecule has 0 spiro atoms. The second-order valence-electron chi connectivity index (χ2n) is 4.94. The monoisotopic (exact) mass is 252 g/mol. The van der Waals surface area contributed by atoms with Gasteiger partial charge in [-0.15, -0.1) is 0 Å². The van der Waals surface area contributed by atoms with Crippen molar-refractivity contribution in [2.75, 3.05) is 6.54 Å². The first-order valence-electron chi connectivity index (χ1n) is 5.82. The molecule has 100 valence electrons. The smallest absolute Gasteiger partial charge is 0.331 e. The Morgan fingerprint density at radius 2 is 1.94 bits per heavy atom. The SMILES string of the molecule is CC(C)N(CC(F)(F)F)C(=O)CC(N)C1CC1. The summed E-state index contributed by atoms with van der Waals surface area (Å²) in [5, 5.41) is 0. The lowest BCUT2D eigenvalue weighted by atomic mass is 10.1. The molecule has 0 aromatic heterocycles. The number of halogens is 3. The second-order valence-corrected chi connectivity index (χ2v) is 4.94. The highest BCUT2D eigenvalue weighted by atomic mass is 19.4. The van der Waals surface area contributed by atoms with Gasteiger partial charge in [0.25, 0.3) is 0 Å². The third-order valence-corrected chi connectivity index (χ3v) is 2.93. The molecule has 0 radical (unpaired) electrons. The summed E-state index contributed by atoms with van der Waals surface area (Å²) in [6.45, 7) is 1.96. The summed E-state index contributed by atoms with van der Waals surface area (Å²) in [6.07, 6.45) is -2.38. The van der Waals surface area contributed by atoms with E-state index in [0.29, 0.717) is 5.92 Å². The van der Waals surface area contributed by atoms with E-state index in [1.165, 1.54) is 0 Å². The summed E-state index contributed by atoms with van der Waals surface area (Å²) in [4.78, 5) is 12.6. The van der Waals surface area contributed by atoms with Gasteiger partial charge in [0.1, 0.15) is 6.54 Å². The summed E-state index contributed by atoms with van der Waals surface area (Å²) in [7, 11) is 0. The lowest BCUT2D eigenvalue weighted by Crippen LogP contribution is -2.45. The zero-order valence-electron chi connectivity index (χ0n) is 10.1. The molecule has 2 N–H and O–H groups in total. The largest absolute Gasteiger partial charge is 0.406 e. The average molecular weight is 252 g/mol. The van der Waals surface area contributed by atoms with Gasteiger partial charge in [-0.25, -0.2) is 0 Å². The number of hydrogen-bond donors (Lipinski definition) is 1. The molecule has 0 aliphatic heterocycles. The van der Waals surface area contributed by atoms with Crippen molar-refractivity contribution in [1.29, 1.82) is 0 Å². The van der Waals surface area contributed by atoms with Gasteiger partial charge in [0.2, 0.25) is 5.91 Å². The van der Waals surface area contributed by atoms with Gasteiger partial charge >= 0.3 is 6.18 Å². The zero-order chi connectivity index (χ0) is 13.2. The topological polar surface area (TPSA) is 46.3 Å². The molecule has 1 aliphatic carbocycles. The summed E-state index contributed by atoms with van der Waals surface area (Å²) in [5.41, 5.74) is 5.75. The van der Waals surface area contributed by atoms with Crippen LogP contribution in [0, 0.1) is 5.92 Å². The molecule has 0 bridgehead atoms. The summed E-state index contributed by atoms with van der Waals surface area (Å²) in [5.74, 6) is -0.185. The van der Waals surface area contributed by atoms with Crippen LogP contribution in [0.1, 0.15) is 33.1 Å². The minimum Gasteiger partial charge on any atom is -0.331 e. The van der Waals surface area contributed by atoms with Crippen LogP contribution >= 0.6 is 0 Å². The molecule has 1 saturated carbocycles. The number of nitrogens with zero attached hydrogens (tertiary/aromatic N) is 1. The summed E-state index contributed by atoms with van der Waals surface area (Å²) in [6, 6.07) is -0.757. The maximum Gasteiger partial charge on any atom is 0.406 e. The van der Waals surface area contributed by atoms with Gasteiger partial charge in [-0.2, -0.15) is 13.2 Å². The number of carbonyl (C=O) groups excluding carboxylic acids is 1. The van der Waals surface area contributed by atoms with Gasteiger partial charge in [0.15, 0.2) is 0 Å². The molecule has 1 fully saturated rings. The van der Waals surface area contributed by atoms with Crippen LogP contribution in [0.5, 0.6) is 0 Å². The molecule has 1 unspecified atom stereocenters. The molecule has 1 rings (SSSR count). The second kappa shape index (κ2) is 5.25. The van der Waals surface area contributed by atoms with Crippen molar-refractivity contribution in [2.45, 2.75) is 51.4 Å². The third kappa shape index (κ3) is 4.93. The molecule has 6 heteroatoms. The minimum absolute atomic E-state index is 0.0128. The van der Waals surface area contributed by atoms with Crippen LogP contribution < -0.4 is 5.73 Å². The Bertz CT molecular complexity index is 274. The summed E-state index contributed by atoms with van der Waals surface area (Å²) < 4.78 is 36.9. The molecule has 1 amide bonds. The number of rotatable bonds is 5. The van der Waals surface area contributed by atoms with E-state index in [4.69, 9.17) is 5.73 Å². The molecule has 1 aliphatic rings. The highest BCUT2D eigenvalue weighted by Gasteiger charge is 2.36. The lowest BCUT2D eigenvalue weighted by Gasteiger charge is -2.28. The van der Waals surface area contributed by atoms with Gasteiger partial charge in [0, 0.05) is 18.5 Å². The van der Waals surface area contributed by atoms with Gasteiger partial charge in [-0.1, -0.05) is 0 Å². The van der Waals surface area contributed by atoms with Crippen LogP contribution in [-0.4, -0.2) is 35.6 Å². The number of carbonyl (C=O) groups is 1. The van der Waals surface area contributed by atoms with Crippen molar-refractivity contribution < 1.29 is 18.0 Å². The van der Waals surface area contributed by atoms with Gasteiger partial charge in [0.05, 0.1) is 0 Å². The molecule has 17 heavy (non-hydrogen) atoms. The highest BCUT2D eigenvalue weighted by molar-refractivity contribution is 5.77. The fourth-order valence-electron chi connectivity index (χ4n) is 1.76. The first kappa shape index (κ1) is 14.3. The van der Waals surface area contributed by atoms with Crippen LogP contribution in [0.15, 0.2) is 0 Å². The van der Waals surface area contributed by atoms with Crippen molar-refractivity contribution in [3.8, 4) is 0 Å². The predicted octanol–water partition coefficient (Wildman–Crippen LogP) is 1.91. The van der Waals surface area contributed by atoms with Gasteiger partial charge < -0.3 is 10.6 Å². The van der Waals surface area contributed by atoms with Crippen molar-refractivity contribution in [1.82, 2.24) is 4.90 Å². The van der Waals surface area contributed by atoms with E-state index in [0.717, 1.165) is 17.7 Å². The lowest BCUT2D eigenvalue weighted by molar-refractivity contribution is -0.164. The minimum atomic E-state index is -4.36. The fourth-order valence-corrected chi connectivity index (χ4v) is 1.76. The average Bonchev–Trinajstić information content (AvgIpc) is 2.94. The van der Waals surface area contributed by atoms with E-state index < -0.39 is 24.7 Å². The Morgan fingerprint density at radius 1 is 1.41 bits per heavy atom. The normalized spacial score (nSPS) is 18.3. The number of amides is 1. The Morgan fingerprint density at radius 3 is 2.29 bits per heavy atom. The fraction of sp³-hybridized carbons (Fsp3) is 0.909. The van der Waals surface area contributed by atoms with E-state index in [-0.39, 0.29) is 12.5 Å².